The second-order valence-electron chi connectivity index (χ2n) is 9.03. The fraction of sp³-hybridized carbons (Fsp3) is 0.560. The van der Waals surface area contributed by atoms with Crippen LogP contribution in [0.1, 0.15) is 65.4 Å². The van der Waals surface area contributed by atoms with Gasteiger partial charge in [-0.25, -0.2) is 0 Å². The topological polar surface area (TPSA) is 65.7 Å². The molecule has 0 saturated heterocycles. The fourth-order valence-corrected chi connectivity index (χ4v) is 3.75. The standard InChI is InChI=1S/C25H38N2O3S/c1-18(2)17-23(25(4,5)26)20-11-13-22(14-12-20)30-19(3)28-15-16-29-24(31)27-21-9-7-6-8-10-21/h7,9-14,18-19,23H,6,8,15-17,26H2,1-5H3,(H,27,31). The predicted octanol–water partition coefficient (Wildman–Crippen LogP) is 5.42. The van der Waals surface area contributed by atoms with Gasteiger partial charge in [-0.05, 0) is 81.9 Å². The van der Waals surface area contributed by atoms with Gasteiger partial charge in [-0.3, -0.25) is 0 Å². The predicted molar refractivity (Wildman–Crippen MR) is 131 cm³/mol. The molecule has 1 aliphatic carbocycles. The van der Waals surface area contributed by atoms with Gasteiger partial charge in [0.15, 0.2) is 6.29 Å². The molecule has 2 unspecified atom stereocenters. The lowest BCUT2D eigenvalue weighted by atomic mass is 9.77. The van der Waals surface area contributed by atoms with E-state index in [2.05, 4.69) is 57.3 Å². The van der Waals surface area contributed by atoms with Crippen molar-refractivity contribution in [3.63, 3.8) is 0 Å². The zero-order chi connectivity index (χ0) is 22.9. The number of ether oxygens (including phenoxy) is 3. The summed E-state index contributed by atoms with van der Waals surface area (Å²) in [6, 6.07) is 8.17. The number of allylic oxidation sites excluding steroid dienone is 3. The highest BCUT2D eigenvalue weighted by Crippen LogP contribution is 2.33. The van der Waals surface area contributed by atoms with Crippen LogP contribution in [0.15, 0.2) is 48.2 Å². The Balaban J connectivity index is 1.74. The molecule has 1 aromatic carbocycles. The molecule has 31 heavy (non-hydrogen) atoms. The second-order valence-corrected chi connectivity index (χ2v) is 9.40. The van der Waals surface area contributed by atoms with Crippen LogP contribution in [0.4, 0.5) is 0 Å². The first kappa shape index (κ1) is 25.4. The van der Waals surface area contributed by atoms with Crippen molar-refractivity contribution in [1.29, 1.82) is 0 Å². The molecule has 0 radical (unpaired) electrons. The van der Waals surface area contributed by atoms with Crippen LogP contribution in [0.25, 0.3) is 0 Å². The largest absolute Gasteiger partial charge is 0.468 e. The van der Waals surface area contributed by atoms with E-state index in [0.717, 1.165) is 30.7 Å². The van der Waals surface area contributed by atoms with Gasteiger partial charge in [-0.2, -0.15) is 0 Å². The van der Waals surface area contributed by atoms with Gasteiger partial charge in [-0.15, -0.1) is 0 Å². The normalized spacial score (nSPS) is 15.9. The Morgan fingerprint density at radius 3 is 2.42 bits per heavy atom. The van der Waals surface area contributed by atoms with Crippen molar-refractivity contribution in [1.82, 2.24) is 5.32 Å². The smallest absolute Gasteiger partial charge is 0.261 e. The third-order valence-corrected chi connectivity index (χ3v) is 5.32. The monoisotopic (exact) mass is 446 g/mol. The molecule has 0 amide bonds. The molecule has 0 spiro atoms. The fourth-order valence-electron chi connectivity index (χ4n) is 3.55. The van der Waals surface area contributed by atoms with Crippen molar-refractivity contribution in [3.8, 4) is 5.75 Å². The Labute approximate surface area is 193 Å². The maximum Gasteiger partial charge on any atom is 0.261 e. The Morgan fingerprint density at radius 1 is 1.13 bits per heavy atom. The van der Waals surface area contributed by atoms with E-state index in [-0.39, 0.29) is 5.54 Å². The maximum absolute atomic E-state index is 6.44. The molecule has 0 aliphatic heterocycles. The van der Waals surface area contributed by atoms with Crippen molar-refractivity contribution >= 4 is 17.4 Å². The summed E-state index contributed by atoms with van der Waals surface area (Å²) in [6.07, 6.45) is 8.97. The number of hydrogen-bond donors (Lipinski definition) is 2. The summed E-state index contributed by atoms with van der Waals surface area (Å²) < 4.78 is 17.1. The van der Waals surface area contributed by atoms with E-state index in [9.17, 15) is 0 Å². The van der Waals surface area contributed by atoms with Crippen molar-refractivity contribution in [2.45, 2.75) is 71.6 Å². The molecule has 172 valence electrons. The zero-order valence-corrected chi connectivity index (χ0v) is 20.3. The Hall–Kier alpha value is -1.89. The van der Waals surface area contributed by atoms with E-state index in [1.807, 2.05) is 25.1 Å². The number of thiocarbonyl (C=S) groups is 1. The molecule has 6 heteroatoms. The van der Waals surface area contributed by atoms with E-state index >= 15 is 0 Å². The van der Waals surface area contributed by atoms with Crippen molar-refractivity contribution in [2.75, 3.05) is 13.2 Å². The highest BCUT2D eigenvalue weighted by molar-refractivity contribution is 7.80. The first-order valence-corrected chi connectivity index (χ1v) is 11.5. The average Bonchev–Trinajstić information content (AvgIpc) is 2.70. The highest BCUT2D eigenvalue weighted by Gasteiger charge is 2.27. The van der Waals surface area contributed by atoms with E-state index in [1.54, 1.807) is 0 Å². The molecule has 0 saturated carbocycles. The quantitative estimate of drug-likeness (QED) is 0.269. The number of nitrogens with one attached hydrogen (secondary N) is 1. The van der Waals surface area contributed by atoms with Crippen LogP contribution in [-0.2, 0) is 9.47 Å². The molecule has 0 fully saturated rings. The molecule has 5 nitrogen and oxygen atoms in total. The van der Waals surface area contributed by atoms with Gasteiger partial charge in [0.1, 0.15) is 12.4 Å². The van der Waals surface area contributed by atoms with Crippen LogP contribution in [0.5, 0.6) is 5.75 Å². The summed E-state index contributed by atoms with van der Waals surface area (Å²) in [5, 5.41) is 3.42. The number of nitrogens with two attached hydrogens (primary N) is 1. The van der Waals surface area contributed by atoms with Gasteiger partial charge in [0.25, 0.3) is 5.17 Å². The van der Waals surface area contributed by atoms with Crippen LogP contribution < -0.4 is 15.8 Å². The van der Waals surface area contributed by atoms with Gasteiger partial charge in [0.2, 0.25) is 0 Å². The summed E-state index contributed by atoms with van der Waals surface area (Å²) >= 11 is 5.20. The molecule has 1 aliphatic rings. The molecular formula is C25H38N2O3S. The minimum Gasteiger partial charge on any atom is -0.468 e. The number of benzene rings is 1. The van der Waals surface area contributed by atoms with Crippen LogP contribution in [-0.4, -0.2) is 30.2 Å². The van der Waals surface area contributed by atoms with Crippen molar-refractivity contribution in [3.05, 3.63) is 53.8 Å². The van der Waals surface area contributed by atoms with Crippen LogP contribution >= 0.6 is 12.2 Å². The van der Waals surface area contributed by atoms with Crippen molar-refractivity contribution in [2.24, 2.45) is 11.7 Å². The van der Waals surface area contributed by atoms with Crippen molar-refractivity contribution < 1.29 is 14.2 Å². The van der Waals surface area contributed by atoms with Gasteiger partial charge in [0.05, 0.1) is 6.61 Å². The van der Waals surface area contributed by atoms with Crippen LogP contribution in [0.3, 0.4) is 0 Å². The first-order valence-electron chi connectivity index (χ1n) is 11.1. The van der Waals surface area contributed by atoms with Gasteiger partial charge in [0, 0.05) is 17.2 Å². The third-order valence-electron chi connectivity index (χ3n) is 5.10. The molecular weight excluding hydrogens is 408 g/mol. The first-order chi connectivity index (χ1) is 14.6. The summed E-state index contributed by atoms with van der Waals surface area (Å²) in [4.78, 5) is 0. The van der Waals surface area contributed by atoms with E-state index in [0.29, 0.717) is 30.2 Å². The molecule has 2 atom stereocenters. The Bertz CT molecular complexity index is 751. The molecule has 0 bridgehead atoms. The average molecular weight is 447 g/mol. The SMILES string of the molecule is CC(C)CC(c1ccc(OC(C)OCCOC(=S)NC2=CCCC=C2)cc1)C(C)(C)N. The minimum atomic E-state index is -0.391. The summed E-state index contributed by atoms with van der Waals surface area (Å²) in [5.74, 6) is 1.64. The molecule has 3 N–H and O–H groups in total. The van der Waals surface area contributed by atoms with Gasteiger partial charge < -0.3 is 25.3 Å². The summed E-state index contributed by atoms with van der Waals surface area (Å²) in [6.45, 7) is 11.2. The maximum atomic E-state index is 6.44. The van der Waals surface area contributed by atoms with Crippen LogP contribution in [0, 0.1) is 5.92 Å². The van der Waals surface area contributed by atoms with E-state index in [4.69, 9.17) is 32.2 Å². The lowest BCUT2D eigenvalue weighted by Crippen LogP contribution is -2.39. The lowest BCUT2D eigenvalue weighted by Gasteiger charge is -2.32. The summed E-state index contributed by atoms with van der Waals surface area (Å²) in [7, 11) is 0. The van der Waals surface area contributed by atoms with Gasteiger partial charge >= 0.3 is 0 Å². The summed E-state index contributed by atoms with van der Waals surface area (Å²) in [5.41, 5.74) is 8.38. The number of rotatable bonds is 11. The van der Waals surface area contributed by atoms with Crippen LogP contribution in [0.2, 0.25) is 0 Å². The van der Waals surface area contributed by atoms with E-state index < -0.39 is 6.29 Å². The second kappa shape index (κ2) is 12.2. The number of hydrogen-bond acceptors (Lipinski definition) is 5. The molecule has 0 heterocycles. The molecule has 0 aromatic heterocycles. The molecule has 2 rings (SSSR count). The van der Waals surface area contributed by atoms with E-state index in [1.165, 1.54) is 5.56 Å². The molecule has 1 aromatic rings. The third kappa shape index (κ3) is 9.42. The Kier molecular flexibility index (Phi) is 10.0. The highest BCUT2D eigenvalue weighted by atomic mass is 32.1. The Morgan fingerprint density at radius 2 is 1.84 bits per heavy atom. The zero-order valence-electron chi connectivity index (χ0n) is 19.5. The lowest BCUT2D eigenvalue weighted by molar-refractivity contribution is -0.0748. The van der Waals surface area contributed by atoms with Gasteiger partial charge in [-0.1, -0.05) is 38.1 Å². The minimum absolute atomic E-state index is 0.276.